The second-order valence-electron chi connectivity index (χ2n) is 7.61. The monoisotopic (exact) mass is 284 g/mol. The Labute approximate surface area is 118 Å². The summed E-state index contributed by atoms with van der Waals surface area (Å²) >= 11 is 0. The van der Waals surface area contributed by atoms with E-state index in [0.717, 1.165) is 12.7 Å². The molecule has 0 aromatic rings. The van der Waals surface area contributed by atoms with Gasteiger partial charge in [-0.05, 0) is 31.0 Å². The molecule has 1 aliphatic carbocycles. The van der Waals surface area contributed by atoms with Crippen LogP contribution in [0.25, 0.3) is 0 Å². The van der Waals surface area contributed by atoms with Crippen LogP contribution in [0.5, 0.6) is 0 Å². The molecule has 19 heavy (non-hydrogen) atoms. The minimum atomic E-state index is -1.88. The van der Waals surface area contributed by atoms with Crippen molar-refractivity contribution in [2.24, 2.45) is 5.41 Å². The normalized spacial score (nSPS) is 26.8. The smallest absolute Gasteiger partial charge is 0.192 e. The van der Waals surface area contributed by atoms with Gasteiger partial charge in [-0.3, -0.25) is 4.79 Å². The minimum absolute atomic E-state index is 0.0185. The van der Waals surface area contributed by atoms with E-state index in [1.165, 1.54) is 0 Å². The van der Waals surface area contributed by atoms with Crippen molar-refractivity contribution < 1.29 is 14.3 Å². The van der Waals surface area contributed by atoms with Crippen molar-refractivity contribution in [3.8, 4) is 0 Å². The van der Waals surface area contributed by atoms with Crippen molar-refractivity contribution in [3.05, 3.63) is 11.8 Å². The van der Waals surface area contributed by atoms with E-state index in [0.29, 0.717) is 12.0 Å². The molecule has 1 atom stereocenters. The Hall–Kier alpha value is -0.613. The molecule has 1 fully saturated rings. The van der Waals surface area contributed by atoms with Crippen molar-refractivity contribution in [1.29, 1.82) is 0 Å². The van der Waals surface area contributed by atoms with Gasteiger partial charge in [0, 0.05) is 5.57 Å². The van der Waals surface area contributed by atoms with E-state index in [9.17, 15) is 4.79 Å². The molecule has 0 aromatic carbocycles. The van der Waals surface area contributed by atoms with Gasteiger partial charge in [0.25, 0.3) is 0 Å². The number of Topliss-reactive ketones (excluding diaryl/α,β-unsaturated/α-hetero) is 1. The lowest BCUT2D eigenvalue weighted by Gasteiger charge is -2.45. The first-order valence-corrected chi connectivity index (χ1v) is 9.90. The molecule has 0 bridgehead atoms. The molecule has 0 aliphatic heterocycles. The molecular formula is C15H28O3Si. The molecule has 0 radical (unpaired) electrons. The highest BCUT2D eigenvalue weighted by molar-refractivity contribution is 6.74. The van der Waals surface area contributed by atoms with Gasteiger partial charge in [-0.15, -0.1) is 0 Å². The summed E-state index contributed by atoms with van der Waals surface area (Å²) in [7, 11) is -1.88. The zero-order valence-corrected chi connectivity index (χ0v) is 14.3. The average molecular weight is 284 g/mol. The average Bonchev–Trinajstić information content (AvgIpc) is 2.24. The van der Waals surface area contributed by atoms with Crippen molar-refractivity contribution in [2.75, 3.05) is 0 Å². The maximum absolute atomic E-state index is 12.3. The van der Waals surface area contributed by atoms with E-state index in [1.807, 2.05) is 13.8 Å². The lowest BCUT2D eigenvalue weighted by Crippen LogP contribution is -2.52. The molecule has 0 spiro atoms. The number of carbonyl (C=O) groups excluding carboxylic acids is 1. The summed E-state index contributed by atoms with van der Waals surface area (Å²) < 4.78 is 6.43. The van der Waals surface area contributed by atoms with E-state index in [-0.39, 0.29) is 16.9 Å². The second kappa shape index (κ2) is 5.06. The van der Waals surface area contributed by atoms with Gasteiger partial charge >= 0.3 is 0 Å². The standard InChI is InChI=1S/C15H28O3Si/c1-14(2,3)19(6,7)18-12-9-8-11(10-16)13(17)15(12,4)5/h10,12,16H,8-9H2,1-7H3/b11-10-/t12-/m0/s1. The van der Waals surface area contributed by atoms with Gasteiger partial charge in [0.05, 0.1) is 17.8 Å². The second-order valence-corrected chi connectivity index (χ2v) is 12.4. The maximum atomic E-state index is 12.3. The van der Waals surface area contributed by atoms with Gasteiger partial charge in [0.2, 0.25) is 0 Å². The predicted molar refractivity (Wildman–Crippen MR) is 80.8 cm³/mol. The molecular weight excluding hydrogens is 256 g/mol. The summed E-state index contributed by atoms with van der Waals surface area (Å²) in [6.45, 7) is 14.9. The molecule has 0 aromatic heterocycles. The van der Waals surface area contributed by atoms with Crippen LogP contribution in [0, 0.1) is 5.41 Å². The maximum Gasteiger partial charge on any atom is 0.192 e. The topological polar surface area (TPSA) is 46.5 Å². The zero-order chi connectivity index (χ0) is 15.1. The number of hydrogen-bond donors (Lipinski definition) is 1. The summed E-state index contributed by atoms with van der Waals surface area (Å²) in [6, 6.07) is 0. The molecule has 1 aliphatic rings. The lowest BCUT2D eigenvalue weighted by atomic mass is 9.72. The molecule has 0 saturated heterocycles. The molecule has 1 N–H and O–H groups in total. The summed E-state index contributed by atoms with van der Waals surface area (Å²) in [5, 5.41) is 9.26. The molecule has 1 rings (SSSR count). The van der Waals surface area contributed by atoms with Gasteiger partial charge < -0.3 is 9.53 Å². The van der Waals surface area contributed by atoms with Crippen LogP contribution in [0.15, 0.2) is 11.8 Å². The quantitative estimate of drug-likeness (QED) is 0.469. The summed E-state index contributed by atoms with van der Waals surface area (Å²) in [4.78, 5) is 12.3. The van der Waals surface area contributed by atoms with Crippen LogP contribution in [0.4, 0.5) is 0 Å². The van der Waals surface area contributed by atoms with Crippen molar-refractivity contribution in [3.63, 3.8) is 0 Å². The highest BCUT2D eigenvalue weighted by Crippen LogP contribution is 2.43. The number of hydrogen-bond acceptors (Lipinski definition) is 3. The van der Waals surface area contributed by atoms with E-state index in [1.54, 1.807) is 0 Å². The Bertz CT molecular complexity index is 389. The number of ketones is 1. The highest BCUT2D eigenvalue weighted by Gasteiger charge is 2.47. The predicted octanol–water partition coefficient (Wildman–Crippen LogP) is 4.21. The first kappa shape index (κ1) is 16.4. The van der Waals surface area contributed by atoms with Crippen LogP contribution >= 0.6 is 0 Å². The molecule has 3 nitrogen and oxygen atoms in total. The first-order chi connectivity index (χ1) is 8.43. The highest BCUT2D eigenvalue weighted by atomic mass is 28.4. The van der Waals surface area contributed by atoms with E-state index in [4.69, 9.17) is 9.53 Å². The molecule has 0 heterocycles. The van der Waals surface area contributed by atoms with Crippen LogP contribution in [-0.4, -0.2) is 25.3 Å². The van der Waals surface area contributed by atoms with Gasteiger partial charge in [0.15, 0.2) is 14.1 Å². The fourth-order valence-electron chi connectivity index (χ4n) is 2.18. The van der Waals surface area contributed by atoms with Crippen molar-refractivity contribution in [2.45, 2.75) is 71.7 Å². The number of carbonyl (C=O) groups is 1. The Morgan fingerprint density at radius 1 is 1.37 bits per heavy atom. The molecule has 0 amide bonds. The van der Waals surface area contributed by atoms with Crippen LogP contribution in [0.3, 0.4) is 0 Å². The number of rotatable bonds is 2. The number of aliphatic hydroxyl groups is 1. The number of allylic oxidation sites excluding steroid dienone is 1. The first-order valence-electron chi connectivity index (χ1n) is 6.99. The fourth-order valence-corrected chi connectivity index (χ4v) is 3.66. The van der Waals surface area contributed by atoms with Gasteiger partial charge in [-0.25, -0.2) is 0 Å². The van der Waals surface area contributed by atoms with Gasteiger partial charge in [-0.1, -0.05) is 34.6 Å². The van der Waals surface area contributed by atoms with E-state index >= 15 is 0 Å². The van der Waals surface area contributed by atoms with Crippen molar-refractivity contribution in [1.82, 2.24) is 0 Å². The Morgan fingerprint density at radius 2 is 1.89 bits per heavy atom. The summed E-state index contributed by atoms with van der Waals surface area (Å²) in [6.07, 6.45) is 2.33. The minimum Gasteiger partial charge on any atom is -0.515 e. The summed E-state index contributed by atoms with van der Waals surface area (Å²) in [5.74, 6) is 0.0185. The summed E-state index contributed by atoms with van der Waals surface area (Å²) in [5.41, 5.74) is -0.0254. The Kier molecular flexibility index (Phi) is 4.38. The van der Waals surface area contributed by atoms with Crippen LogP contribution in [0.2, 0.25) is 18.1 Å². The van der Waals surface area contributed by atoms with Crippen LogP contribution in [-0.2, 0) is 9.22 Å². The molecule has 4 heteroatoms. The molecule has 0 unspecified atom stereocenters. The van der Waals surface area contributed by atoms with Gasteiger partial charge in [-0.2, -0.15) is 0 Å². The van der Waals surface area contributed by atoms with Gasteiger partial charge in [0.1, 0.15) is 0 Å². The fraction of sp³-hybridized carbons (Fsp3) is 0.800. The third-order valence-electron chi connectivity index (χ3n) is 4.76. The number of aliphatic hydroxyl groups excluding tert-OH is 1. The van der Waals surface area contributed by atoms with E-state index in [2.05, 4.69) is 33.9 Å². The molecule has 1 saturated carbocycles. The third-order valence-corrected chi connectivity index (χ3v) is 9.24. The Morgan fingerprint density at radius 3 is 2.32 bits per heavy atom. The largest absolute Gasteiger partial charge is 0.515 e. The Balaban J connectivity index is 2.95. The van der Waals surface area contributed by atoms with Crippen LogP contribution in [0.1, 0.15) is 47.5 Å². The third kappa shape index (κ3) is 3.11. The van der Waals surface area contributed by atoms with Crippen molar-refractivity contribution >= 4 is 14.1 Å². The lowest BCUT2D eigenvalue weighted by molar-refractivity contribution is -0.131. The van der Waals surface area contributed by atoms with Crippen LogP contribution < -0.4 is 0 Å². The van der Waals surface area contributed by atoms with E-state index < -0.39 is 13.7 Å². The SMILES string of the molecule is CC1(C)C(=O)/C(=C\O)CC[C@@H]1O[Si](C)(C)C(C)(C)C. The zero-order valence-electron chi connectivity index (χ0n) is 13.3. The molecule has 110 valence electrons.